The van der Waals surface area contributed by atoms with E-state index in [1.54, 1.807) is 19.9 Å². The number of pyridine rings is 1. The van der Waals surface area contributed by atoms with Crippen LogP contribution in [0.25, 0.3) is 11.0 Å². The molecule has 5 nitrogen and oxygen atoms in total. The van der Waals surface area contributed by atoms with E-state index in [9.17, 15) is 18.4 Å². The Hall–Kier alpha value is -2.60. The van der Waals surface area contributed by atoms with E-state index in [1.807, 2.05) is 6.92 Å². The minimum Gasteiger partial charge on any atom is -0.345 e. The number of alkyl halides is 3. The lowest BCUT2D eigenvalue weighted by molar-refractivity contribution is -0.136. The van der Waals surface area contributed by atoms with Gasteiger partial charge in [0.15, 0.2) is 0 Å². The van der Waals surface area contributed by atoms with Crippen molar-refractivity contribution in [1.29, 1.82) is 5.26 Å². The minimum atomic E-state index is -4.43. The maximum atomic E-state index is 13.4. The highest BCUT2D eigenvalue weighted by molar-refractivity contribution is 7.16. The zero-order valence-corrected chi connectivity index (χ0v) is 16.3. The maximum Gasteiger partial charge on any atom is 0.418 e. The van der Waals surface area contributed by atoms with Crippen LogP contribution in [0.15, 0.2) is 12.3 Å². The highest BCUT2D eigenvalue weighted by atomic mass is 32.1. The number of anilines is 2. The first kappa shape index (κ1) is 18.7. The van der Waals surface area contributed by atoms with Gasteiger partial charge in [0.05, 0.1) is 17.3 Å². The van der Waals surface area contributed by atoms with Crippen LogP contribution in [0.5, 0.6) is 0 Å². The summed E-state index contributed by atoms with van der Waals surface area (Å²) in [5.41, 5.74) is 0.225. The molecule has 3 aromatic heterocycles. The normalized spacial score (nSPS) is 15.0. The Morgan fingerprint density at radius 1 is 1.29 bits per heavy atom. The Kier molecular flexibility index (Phi) is 4.16. The second-order valence-corrected chi connectivity index (χ2v) is 8.59. The molecule has 3 aromatic rings. The molecule has 1 aliphatic rings. The van der Waals surface area contributed by atoms with Crippen molar-refractivity contribution >= 4 is 33.2 Å². The van der Waals surface area contributed by atoms with E-state index in [2.05, 4.69) is 26.3 Å². The number of hydrogen-bond donors (Lipinski definition) is 2. The molecule has 4 rings (SSSR count). The number of nitriles is 1. The fraction of sp³-hybridized carbons (Fsp3) is 0.421. The lowest BCUT2D eigenvalue weighted by Crippen LogP contribution is -2.13. The molecule has 0 aromatic carbocycles. The molecule has 0 atom stereocenters. The highest BCUT2D eigenvalue weighted by Crippen LogP contribution is 2.47. The summed E-state index contributed by atoms with van der Waals surface area (Å²) in [4.78, 5) is 11.5. The monoisotopic (exact) mass is 405 g/mol. The van der Waals surface area contributed by atoms with Gasteiger partial charge in [0.2, 0.25) is 0 Å². The van der Waals surface area contributed by atoms with Crippen LogP contribution in [0.3, 0.4) is 0 Å². The number of rotatable bonds is 4. The van der Waals surface area contributed by atoms with Crippen LogP contribution in [-0.2, 0) is 11.6 Å². The quantitative estimate of drug-likeness (QED) is 0.578. The van der Waals surface area contributed by atoms with E-state index in [-0.39, 0.29) is 17.0 Å². The second kappa shape index (κ2) is 6.21. The van der Waals surface area contributed by atoms with Gasteiger partial charge in [0.1, 0.15) is 26.9 Å². The summed E-state index contributed by atoms with van der Waals surface area (Å²) in [6, 6.07) is 3.93. The summed E-state index contributed by atoms with van der Waals surface area (Å²) in [6.07, 6.45) is -1.69. The lowest BCUT2D eigenvalue weighted by Gasteiger charge is -2.11. The van der Waals surface area contributed by atoms with Gasteiger partial charge in [-0.15, -0.1) is 0 Å². The largest absolute Gasteiger partial charge is 0.418 e. The van der Waals surface area contributed by atoms with Crippen molar-refractivity contribution in [3.05, 3.63) is 34.1 Å². The fourth-order valence-electron chi connectivity index (χ4n) is 3.11. The third-order valence-corrected chi connectivity index (χ3v) is 6.24. The number of aromatic nitrogens is 3. The van der Waals surface area contributed by atoms with Crippen molar-refractivity contribution in [2.75, 3.05) is 5.32 Å². The first-order valence-electron chi connectivity index (χ1n) is 8.85. The van der Waals surface area contributed by atoms with Gasteiger partial charge in [-0.05, 0) is 51.2 Å². The van der Waals surface area contributed by atoms with Gasteiger partial charge < -0.3 is 10.3 Å². The molecule has 0 radical (unpaired) electrons. The zero-order chi connectivity index (χ0) is 20.3. The van der Waals surface area contributed by atoms with E-state index in [4.69, 9.17) is 0 Å². The van der Waals surface area contributed by atoms with Crippen molar-refractivity contribution in [3.8, 4) is 6.07 Å². The molecule has 0 aliphatic heterocycles. The van der Waals surface area contributed by atoms with Crippen LogP contribution < -0.4 is 5.32 Å². The molecule has 1 aliphatic carbocycles. The molecule has 0 unspecified atom stereocenters. The molecule has 28 heavy (non-hydrogen) atoms. The number of hydrogen-bond acceptors (Lipinski definition) is 5. The Balaban J connectivity index is 1.76. The number of nitrogens with zero attached hydrogens (tertiary/aromatic N) is 3. The van der Waals surface area contributed by atoms with Gasteiger partial charge in [-0.3, -0.25) is 0 Å². The molecule has 0 amide bonds. The molecular formula is C19H18F3N5S. The Bertz CT molecular complexity index is 1100. The van der Waals surface area contributed by atoms with Crippen molar-refractivity contribution in [3.63, 3.8) is 0 Å². The number of aryl methyl sites for hydroxylation is 1. The number of halogens is 3. The Morgan fingerprint density at radius 2 is 2.00 bits per heavy atom. The topological polar surface area (TPSA) is 77.4 Å². The molecule has 0 bridgehead atoms. The summed E-state index contributed by atoms with van der Waals surface area (Å²) in [6.45, 7) is 5.41. The van der Waals surface area contributed by atoms with Crippen molar-refractivity contribution in [2.24, 2.45) is 0 Å². The van der Waals surface area contributed by atoms with Crippen LogP contribution in [0.1, 0.15) is 54.4 Å². The number of H-pyrrole nitrogens is 1. The van der Waals surface area contributed by atoms with E-state index >= 15 is 0 Å². The van der Waals surface area contributed by atoms with Gasteiger partial charge in [-0.25, -0.2) is 9.97 Å². The third kappa shape index (κ3) is 3.22. The summed E-state index contributed by atoms with van der Waals surface area (Å²) in [5, 5.41) is 14.1. The van der Waals surface area contributed by atoms with Gasteiger partial charge in [0, 0.05) is 11.6 Å². The average Bonchev–Trinajstić information content (AvgIpc) is 3.26. The van der Waals surface area contributed by atoms with Gasteiger partial charge in [0.25, 0.3) is 0 Å². The molecule has 2 N–H and O–H groups in total. The number of fused-ring (bicyclic) bond motifs is 1. The standard InChI is InChI=1S/C19H18F3N5S/c1-9-16(28-17(25-9)18(2,3)8-23)27-13-6-11(10-4-5-10)14-12(19(20,21)22)7-24-15(14)26-13/h6-7,10H,4-5H2,1-3H3,(H2,24,26,27). The van der Waals surface area contributed by atoms with Crippen LogP contribution in [-0.4, -0.2) is 15.0 Å². The predicted molar refractivity (Wildman–Crippen MR) is 102 cm³/mol. The summed E-state index contributed by atoms with van der Waals surface area (Å²) >= 11 is 1.36. The molecule has 0 saturated heterocycles. The van der Waals surface area contributed by atoms with Crippen LogP contribution in [0.4, 0.5) is 24.0 Å². The SMILES string of the molecule is Cc1nc(C(C)(C)C#N)sc1Nc1cc(C2CC2)c2c(C(F)(F)F)c[nH]c2n1. The molecule has 146 valence electrons. The molecule has 9 heteroatoms. The Labute approximate surface area is 163 Å². The van der Waals surface area contributed by atoms with Crippen molar-refractivity contribution in [1.82, 2.24) is 15.0 Å². The fourth-order valence-corrected chi connectivity index (χ4v) is 4.14. The second-order valence-electron chi connectivity index (χ2n) is 7.59. The van der Waals surface area contributed by atoms with Crippen LogP contribution >= 0.6 is 11.3 Å². The smallest absolute Gasteiger partial charge is 0.345 e. The predicted octanol–water partition coefficient (Wildman–Crippen LogP) is 5.77. The van der Waals surface area contributed by atoms with E-state index in [1.165, 1.54) is 11.3 Å². The summed E-state index contributed by atoms with van der Waals surface area (Å²) < 4.78 is 40.1. The third-order valence-electron chi connectivity index (χ3n) is 4.85. The number of aromatic amines is 1. The lowest BCUT2D eigenvalue weighted by atomic mass is 9.97. The maximum absolute atomic E-state index is 13.4. The summed E-state index contributed by atoms with van der Waals surface area (Å²) in [5.74, 6) is 0.594. The molecule has 1 fully saturated rings. The first-order valence-corrected chi connectivity index (χ1v) is 9.67. The zero-order valence-electron chi connectivity index (χ0n) is 15.5. The van der Waals surface area contributed by atoms with Crippen LogP contribution in [0, 0.1) is 18.3 Å². The van der Waals surface area contributed by atoms with Gasteiger partial charge >= 0.3 is 6.18 Å². The average molecular weight is 405 g/mol. The van der Waals surface area contributed by atoms with Gasteiger partial charge in [-0.1, -0.05) is 11.3 Å². The molecule has 1 saturated carbocycles. The first-order chi connectivity index (χ1) is 13.1. The van der Waals surface area contributed by atoms with E-state index < -0.39 is 17.2 Å². The molecular weight excluding hydrogens is 387 g/mol. The van der Waals surface area contributed by atoms with Crippen LogP contribution in [0.2, 0.25) is 0 Å². The van der Waals surface area contributed by atoms with E-state index in [0.29, 0.717) is 16.4 Å². The molecule has 3 heterocycles. The summed E-state index contributed by atoms with van der Waals surface area (Å²) in [7, 11) is 0. The molecule has 0 spiro atoms. The van der Waals surface area contributed by atoms with Gasteiger partial charge in [-0.2, -0.15) is 18.4 Å². The number of thiazole rings is 1. The number of nitrogens with one attached hydrogen (secondary N) is 2. The van der Waals surface area contributed by atoms with Crippen molar-refractivity contribution in [2.45, 2.75) is 51.1 Å². The minimum absolute atomic E-state index is 0.124. The highest BCUT2D eigenvalue weighted by Gasteiger charge is 2.37. The van der Waals surface area contributed by atoms with E-state index in [0.717, 1.165) is 29.7 Å². The van der Waals surface area contributed by atoms with Crippen molar-refractivity contribution < 1.29 is 13.2 Å². The Morgan fingerprint density at radius 3 is 2.61 bits per heavy atom.